The highest BCUT2D eigenvalue weighted by Crippen LogP contribution is 2.25. The van der Waals surface area contributed by atoms with Crippen molar-refractivity contribution >= 4 is 22.2 Å². The third kappa shape index (κ3) is 1.85. The first kappa shape index (κ1) is 9.25. The Balaban J connectivity index is 3.11. The van der Waals surface area contributed by atoms with E-state index in [1.165, 1.54) is 6.07 Å². The van der Waals surface area contributed by atoms with Crippen molar-refractivity contribution in [3.05, 3.63) is 28.0 Å². The normalized spacial score (nSPS) is 10.3. The van der Waals surface area contributed by atoms with Crippen LogP contribution in [0.1, 0.15) is 22.5 Å². The van der Waals surface area contributed by atoms with Gasteiger partial charge in [0, 0.05) is 16.2 Å². The highest BCUT2D eigenvalue weighted by Gasteiger charge is 2.12. The molecule has 0 saturated carbocycles. The number of hydrogen-bond acceptors (Lipinski definition) is 2. The van der Waals surface area contributed by atoms with E-state index in [4.69, 9.17) is 0 Å². The van der Waals surface area contributed by atoms with E-state index < -0.39 is 6.43 Å². The average molecular weight is 236 g/mol. The molecule has 0 bridgehead atoms. The Morgan fingerprint density at radius 2 is 2.25 bits per heavy atom. The van der Waals surface area contributed by atoms with E-state index in [9.17, 15) is 13.6 Å². The number of carbonyl (C=O) groups excluding carboxylic acids is 1. The number of nitrogens with zero attached hydrogens (tertiary/aromatic N) is 1. The highest BCUT2D eigenvalue weighted by molar-refractivity contribution is 9.10. The van der Waals surface area contributed by atoms with Gasteiger partial charge in [-0.15, -0.1) is 0 Å². The molecule has 0 aromatic carbocycles. The molecule has 12 heavy (non-hydrogen) atoms. The monoisotopic (exact) mass is 235 g/mol. The van der Waals surface area contributed by atoms with E-state index in [0.717, 1.165) is 6.20 Å². The molecule has 0 aliphatic heterocycles. The van der Waals surface area contributed by atoms with Gasteiger partial charge >= 0.3 is 0 Å². The van der Waals surface area contributed by atoms with Crippen molar-refractivity contribution < 1.29 is 13.6 Å². The van der Waals surface area contributed by atoms with Crippen LogP contribution in [0, 0.1) is 0 Å². The standard InChI is InChI=1S/C7H4BrF2NO/c8-5-1-4(3-12)2-11-6(5)7(9)10/h1-3,7H. The molecule has 0 aliphatic carbocycles. The third-order valence-corrected chi connectivity index (χ3v) is 1.87. The van der Waals surface area contributed by atoms with Crippen molar-refractivity contribution in [3.63, 3.8) is 0 Å². The maximum Gasteiger partial charge on any atom is 0.281 e. The van der Waals surface area contributed by atoms with E-state index in [1.54, 1.807) is 0 Å². The second-order valence-electron chi connectivity index (χ2n) is 2.05. The van der Waals surface area contributed by atoms with Crippen LogP contribution in [0.25, 0.3) is 0 Å². The fourth-order valence-corrected chi connectivity index (χ4v) is 1.23. The van der Waals surface area contributed by atoms with Gasteiger partial charge in [0.2, 0.25) is 0 Å². The van der Waals surface area contributed by atoms with Gasteiger partial charge in [0.15, 0.2) is 6.29 Å². The molecule has 5 heteroatoms. The van der Waals surface area contributed by atoms with E-state index in [-0.39, 0.29) is 15.7 Å². The minimum atomic E-state index is -2.62. The lowest BCUT2D eigenvalue weighted by Crippen LogP contribution is -1.93. The van der Waals surface area contributed by atoms with Gasteiger partial charge in [-0.1, -0.05) is 0 Å². The van der Waals surface area contributed by atoms with Crippen LogP contribution in [0.5, 0.6) is 0 Å². The molecule has 0 atom stereocenters. The molecule has 2 nitrogen and oxygen atoms in total. The van der Waals surface area contributed by atoms with Crippen LogP contribution in [-0.4, -0.2) is 11.3 Å². The molecule has 1 heterocycles. The van der Waals surface area contributed by atoms with Crippen LogP contribution in [0.3, 0.4) is 0 Å². The Kier molecular flexibility index (Phi) is 2.86. The summed E-state index contributed by atoms with van der Waals surface area (Å²) >= 11 is 2.89. The van der Waals surface area contributed by atoms with Crippen LogP contribution >= 0.6 is 15.9 Å². The summed E-state index contributed by atoms with van der Waals surface area (Å²) in [6, 6.07) is 1.31. The van der Waals surface area contributed by atoms with E-state index in [1.807, 2.05) is 0 Å². The zero-order valence-corrected chi connectivity index (χ0v) is 7.38. The summed E-state index contributed by atoms with van der Waals surface area (Å²) in [5, 5.41) is 0. The molecule has 0 unspecified atom stereocenters. The van der Waals surface area contributed by atoms with Crippen LogP contribution in [0.15, 0.2) is 16.7 Å². The summed E-state index contributed by atoms with van der Waals surface area (Å²) < 4.78 is 24.3. The molecular formula is C7H4BrF2NO. The molecule has 0 fully saturated rings. The van der Waals surface area contributed by atoms with Crippen molar-refractivity contribution in [1.82, 2.24) is 4.98 Å². The topological polar surface area (TPSA) is 30.0 Å². The number of aldehydes is 1. The quantitative estimate of drug-likeness (QED) is 0.738. The van der Waals surface area contributed by atoms with E-state index >= 15 is 0 Å². The first-order valence-electron chi connectivity index (χ1n) is 3.04. The molecule has 1 rings (SSSR count). The summed E-state index contributed by atoms with van der Waals surface area (Å²) in [5.74, 6) is 0. The molecule has 0 amide bonds. The first-order chi connectivity index (χ1) is 5.65. The van der Waals surface area contributed by atoms with Crippen LogP contribution in [0.2, 0.25) is 0 Å². The number of halogens is 3. The average Bonchev–Trinajstić information content (AvgIpc) is 2.03. The Labute approximate surface area is 75.7 Å². The lowest BCUT2D eigenvalue weighted by Gasteiger charge is -2.01. The molecule has 1 aromatic rings. The summed E-state index contributed by atoms with van der Waals surface area (Å²) in [4.78, 5) is 13.6. The lowest BCUT2D eigenvalue weighted by atomic mass is 10.3. The largest absolute Gasteiger partial charge is 0.298 e. The van der Waals surface area contributed by atoms with Gasteiger partial charge in [-0.25, -0.2) is 8.78 Å². The molecule has 0 radical (unpaired) electrons. The number of hydrogen-bond donors (Lipinski definition) is 0. The fourth-order valence-electron chi connectivity index (χ4n) is 0.688. The minimum absolute atomic E-state index is 0.155. The van der Waals surface area contributed by atoms with Gasteiger partial charge in [-0.3, -0.25) is 9.78 Å². The van der Waals surface area contributed by atoms with Gasteiger partial charge in [0.25, 0.3) is 6.43 Å². The maximum absolute atomic E-state index is 12.1. The van der Waals surface area contributed by atoms with Crippen molar-refractivity contribution in [2.45, 2.75) is 6.43 Å². The number of pyridine rings is 1. The van der Waals surface area contributed by atoms with Gasteiger partial charge in [0.05, 0.1) is 0 Å². The van der Waals surface area contributed by atoms with Crippen molar-refractivity contribution in [3.8, 4) is 0 Å². The number of alkyl halides is 2. The SMILES string of the molecule is O=Cc1cnc(C(F)F)c(Br)c1. The maximum atomic E-state index is 12.1. The lowest BCUT2D eigenvalue weighted by molar-refractivity contribution is 0.112. The van der Waals surface area contributed by atoms with Gasteiger partial charge < -0.3 is 0 Å². The zero-order valence-electron chi connectivity index (χ0n) is 5.80. The van der Waals surface area contributed by atoms with Crippen LogP contribution < -0.4 is 0 Å². The predicted octanol–water partition coefficient (Wildman–Crippen LogP) is 2.59. The predicted molar refractivity (Wildman–Crippen MR) is 42.3 cm³/mol. The van der Waals surface area contributed by atoms with Crippen LogP contribution in [-0.2, 0) is 0 Å². The molecular weight excluding hydrogens is 232 g/mol. The molecule has 64 valence electrons. The van der Waals surface area contributed by atoms with Gasteiger partial charge in [-0.2, -0.15) is 0 Å². The molecule has 0 spiro atoms. The summed E-state index contributed by atoms with van der Waals surface area (Å²) in [6.07, 6.45) is -0.966. The number of aromatic nitrogens is 1. The summed E-state index contributed by atoms with van der Waals surface area (Å²) in [6.45, 7) is 0. The second-order valence-corrected chi connectivity index (χ2v) is 2.91. The number of carbonyl (C=O) groups is 1. The third-order valence-electron chi connectivity index (χ3n) is 1.23. The molecule has 0 N–H and O–H groups in total. The van der Waals surface area contributed by atoms with Gasteiger partial charge in [0.1, 0.15) is 5.69 Å². The zero-order chi connectivity index (χ0) is 9.14. The minimum Gasteiger partial charge on any atom is -0.298 e. The van der Waals surface area contributed by atoms with Crippen LogP contribution in [0.4, 0.5) is 8.78 Å². The second kappa shape index (κ2) is 3.71. The molecule has 1 aromatic heterocycles. The smallest absolute Gasteiger partial charge is 0.281 e. The van der Waals surface area contributed by atoms with E-state index in [2.05, 4.69) is 20.9 Å². The summed E-state index contributed by atoms with van der Waals surface area (Å²) in [5.41, 5.74) is -0.0770. The van der Waals surface area contributed by atoms with Crippen molar-refractivity contribution in [2.24, 2.45) is 0 Å². The Bertz CT molecular complexity index is 303. The number of rotatable bonds is 2. The fraction of sp³-hybridized carbons (Fsp3) is 0.143. The van der Waals surface area contributed by atoms with Crippen molar-refractivity contribution in [1.29, 1.82) is 0 Å². The molecule has 0 saturated heterocycles. The molecule has 0 aliphatic rings. The van der Waals surface area contributed by atoms with Gasteiger partial charge in [-0.05, 0) is 22.0 Å². The Morgan fingerprint density at radius 1 is 1.58 bits per heavy atom. The van der Waals surface area contributed by atoms with E-state index in [0.29, 0.717) is 6.29 Å². The Morgan fingerprint density at radius 3 is 2.67 bits per heavy atom. The highest BCUT2D eigenvalue weighted by atomic mass is 79.9. The first-order valence-corrected chi connectivity index (χ1v) is 3.83. The Hall–Kier alpha value is -0.840. The van der Waals surface area contributed by atoms with Crippen molar-refractivity contribution in [2.75, 3.05) is 0 Å². The summed E-state index contributed by atoms with van der Waals surface area (Å²) in [7, 11) is 0.